The topological polar surface area (TPSA) is 102 Å². The van der Waals surface area contributed by atoms with Crippen molar-refractivity contribution in [2.75, 3.05) is 5.32 Å². The van der Waals surface area contributed by atoms with E-state index < -0.39 is 5.41 Å². The number of para-hydroxylation sites is 2. The lowest BCUT2D eigenvalue weighted by Gasteiger charge is -2.35. The summed E-state index contributed by atoms with van der Waals surface area (Å²) in [6.07, 6.45) is 2.37. The highest BCUT2D eigenvalue weighted by molar-refractivity contribution is 6.03. The van der Waals surface area contributed by atoms with Crippen molar-refractivity contribution in [2.24, 2.45) is 0 Å². The SMILES string of the molecule is CCCn1c(=O)n(CCC(=O)Nc2ccc(C3(CC)CCC(=O)NC3=O)cc2)c2ccccc21. The molecule has 1 unspecified atom stereocenters. The molecular weight excluding hydrogens is 432 g/mol. The summed E-state index contributed by atoms with van der Waals surface area (Å²) in [4.78, 5) is 49.7. The van der Waals surface area contributed by atoms with Crippen LogP contribution in [-0.4, -0.2) is 26.9 Å². The molecule has 1 fully saturated rings. The molecule has 1 saturated heterocycles. The van der Waals surface area contributed by atoms with Crippen LogP contribution >= 0.6 is 0 Å². The first-order chi connectivity index (χ1) is 16.4. The number of amides is 3. The molecule has 8 heteroatoms. The highest BCUT2D eigenvalue weighted by Gasteiger charge is 2.42. The van der Waals surface area contributed by atoms with Crippen LogP contribution in [0.1, 0.15) is 51.5 Å². The number of fused-ring (bicyclic) bond motifs is 1. The van der Waals surface area contributed by atoms with Crippen LogP contribution in [-0.2, 0) is 32.9 Å². The van der Waals surface area contributed by atoms with Gasteiger partial charge in [0.25, 0.3) is 0 Å². The second-order valence-corrected chi connectivity index (χ2v) is 8.76. The first-order valence-corrected chi connectivity index (χ1v) is 11.8. The third-order valence-electron chi connectivity index (χ3n) is 6.73. The number of benzene rings is 2. The summed E-state index contributed by atoms with van der Waals surface area (Å²) in [6.45, 7) is 4.88. The Bertz CT molecular complexity index is 1290. The molecule has 0 aliphatic carbocycles. The number of nitrogens with zero attached hydrogens (tertiary/aromatic N) is 2. The number of carbonyl (C=O) groups is 3. The minimum absolute atomic E-state index is 0.102. The molecule has 1 aromatic heterocycles. The van der Waals surface area contributed by atoms with E-state index in [0.29, 0.717) is 31.5 Å². The number of imide groups is 1. The molecule has 0 spiro atoms. The van der Waals surface area contributed by atoms with Gasteiger partial charge >= 0.3 is 5.69 Å². The van der Waals surface area contributed by atoms with Gasteiger partial charge in [-0.2, -0.15) is 0 Å². The van der Waals surface area contributed by atoms with Gasteiger partial charge in [0.1, 0.15) is 0 Å². The lowest BCUT2D eigenvalue weighted by atomic mass is 9.72. The van der Waals surface area contributed by atoms with Crippen LogP contribution in [0.25, 0.3) is 11.0 Å². The average Bonchev–Trinajstić information content (AvgIpc) is 3.10. The summed E-state index contributed by atoms with van der Waals surface area (Å²) >= 11 is 0. The van der Waals surface area contributed by atoms with Gasteiger partial charge in [-0.3, -0.25) is 28.8 Å². The Morgan fingerprint density at radius 2 is 1.62 bits per heavy atom. The molecule has 0 bridgehead atoms. The highest BCUT2D eigenvalue weighted by atomic mass is 16.2. The highest BCUT2D eigenvalue weighted by Crippen LogP contribution is 2.36. The Balaban J connectivity index is 1.45. The van der Waals surface area contributed by atoms with Gasteiger partial charge in [-0.1, -0.05) is 38.1 Å². The predicted molar refractivity (Wildman–Crippen MR) is 131 cm³/mol. The predicted octanol–water partition coefficient (Wildman–Crippen LogP) is 3.33. The largest absolute Gasteiger partial charge is 0.329 e. The van der Waals surface area contributed by atoms with Crippen molar-refractivity contribution in [2.45, 2.75) is 64.5 Å². The molecule has 2 aromatic carbocycles. The number of hydrogen-bond acceptors (Lipinski definition) is 4. The zero-order valence-electron chi connectivity index (χ0n) is 19.6. The van der Waals surface area contributed by atoms with Crippen molar-refractivity contribution < 1.29 is 14.4 Å². The number of rotatable bonds is 8. The van der Waals surface area contributed by atoms with Gasteiger partial charge in [-0.15, -0.1) is 0 Å². The molecule has 1 aliphatic heterocycles. The fourth-order valence-electron chi connectivity index (χ4n) is 4.80. The first-order valence-electron chi connectivity index (χ1n) is 11.8. The summed E-state index contributed by atoms with van der Waals surface area (Å²) in [5, 5.41) is 5.32. The Kier molecular flexibility index (Phi) is 6.68. The molecule has 0 radical (unpaired) electrons. The van der Waals surface area contributed by atoms with Crippen molar-refractivity contribution in [1.82, 2.24) is 14.5 Å². The number of carbonyl (C=O) groups excluding carboxylic acids is 3. The maximum absolute atomic E-state index is 12.9. The molecule has 0 saturated carbocycles. The number of hydrogen-bond donors (Lipinski definition) is 2. The van der Waals surface area contributed by atoms with E-state index >= 15 is 0 Å². The van der Waals surface area contributed by atoms with Gasteiger partial charge in [0, 0.05) is 31.6 Å². The van der Waals surface area contributed by atoms with Crippen LogP contribution in [0, 0.1) is 0 Å². The van der Waals surface area contributed by atoms with E-state index in [-0.39, 0.29) is 36.4 Å². The van der Waals surface area contributed by atoms with Gasteiger partial charge in [0.15, 0.2) is 0 Å². The molecule has 34 heavy (non-hydrogen) atoms. The van der Waals surface area contributed by atoms with Crippen molar-refractivity contribution in [3.63, 3.8) is 0 Å². The van der Waals surface area contributed by atoms with Crippen molar-refractivity contribution in [1.29, 1.82) is 0 Å². The van der Waals surface area contributed by atoms with Crippen LogP contribution < -0.4 is 16.3 Å². The van der Waals surface area contributed by atoms with E-state index in [1.165, 1.54) is 0 Å². The second-order valence-electron chi connectivity index (χ2n) is 8.76. The summed E-state index contributed by atoms with van der Waals surface area (Å²) in [5.41, 5.74) is 2.32. The minimum Gasteiger partial charge on any atom is -0.326 e. The number of aromatic nitrogens is 2. The molecule has 2 heterocycles. The van der Waals surface area contributed by atoms with Crippen LogP contribution in [0.5, 0.6) is 0 Å². The van der Waals surface area contributed by atoms with Gasteiger partial charge < -0.3 is 5.32 Å². The molecule has 3 aromatic rings. The maximum Gasteiger partial charge on any atom is 0.329 e. The fourth-order valence-corrected chi connectivity index (χ4v) is 4.80. The monoisotopic (exact) mass is 462 g/mol. The fraction of sp³-hybridized carbons (Fsp3) is 0.385. The van der Waals surface area contributed by atoms with E-state index in [1.807, 2.05) is 50.2 Å². The van der Waals surface area contributed by atoms with Gasteiger partial charge in [-0.25, -0.2) is 4.79 Å². The lowest BCUT2D eigenvalue weighted by Crippen LogP contribution is -2.51. The Morgan fingerprint density at radius 1 is 0.971 bits per heavy atom. The standard InChI is InChI=1S/C26H30N4O4/c1-3-16-29-20-7-5-6-8-21(20)30(25(29)34)17-14-23(32)27-19-11-9-18(10-12-19)26(4-2)15-13-22(31)28-24(26)33/h5-12H,3-4,13-17H2,1-2H3,(H,27,32)(H,28,31,33). The van der Waals surface area contributed by atoms with E-state index in [0.717, 1.165) is 23.0 Å². The number of imidazole rings is 1. The van der Waals surface area contributed by atoms with E-state index in [4.69, 9.17) is 0 Å². The molecule has 4 rings (SSSR count). The Hall–Kier alpha value is -3.68. The van der Waals surface area contributed by atoms with Gasteiger partial charge in [0.2, 0.25) is 17.7 Å². The number of aryl methyl sites for hydroxylation is 2. The molecular formula is C26H30N4O4. The third-order valence-corrected chi connectivity index (χ3v) is 6.73. The summed E-state index contributed by atoms with van der Waals surface area (Å²) in [7, 11) is 0. The van der Waals surface area contributed by atoms with E-state index in [2.05, 4.69) is 10.6 Å². The third kappa shape index (κ3) is 4.27. The van der Waals surface area contributed by atoms with Crippen LogP contribution in [0.4, 0.5) is 5.69 Å². The summed E-state index contributed by atoms with van der Waals surface area (Å²) in [5.74, 6) is -0.705. The average molecular weight is 463 g/mol. The van der Waals surface area contributed by atoms with Gasteiger partial charge in [-0.05, 0) is 49.1 Å². The zero-order valence-corrected chi connectivity index (χ0v) is 19.6. The number of nitrogens with one attached hydrogen (secondary N) is 2. The number of anilines is 1. The molecule has 8 nitrogen and oxygen atoms in total. The van der Waals surface area contributed by atoms with Crippen LogP contribution in [0.3, 0.4) is 0 Å². The zero-order chi connectivity index (χ0) is 24.3. The van der Waals surface area contributed by atoms with Crippen molar-refractivity contribution in [3.05, 3.63) is 64.6 Å². The Labute approximate surface area is 198 Å². The van der Waals surface area contributed by atoms with Crippen LogP contribution in [0.2, 0.25) is 0 Å². The number of piperidine rings is 1. The quantitative estimate of drug-likeness (QED) is 0.501. The van der Waals surface area contributed by atoms with Crippen LogP contribution in [0.15, 0.2) is 53.3 Å². The maximum atomic E-state index is 12.9. The molecule has 2 N–H and O–H groups in total. The smallest absolute Gasteiger partial charge is 0.326 e. The molecule has 1 aliphatic rings. The molecule has 178 valence electrons. The summed E-state index contributed by atoms with van der Waals surface area (Å²) < 4.78 is 3.41. The molecule has 3 amide bonds. The normalized spacial score (nSPS) is 18.2. The lowest BCUT2D eigenvalue weighted by molar-refractivity contribution is -0.138. The minimum atomic E-state index is -0.732. The Morgan fingerprint density at radius 3 is 2.21 bits per heavy atom. The molecule has 1 atom stereocenters. The van der Waals surface area contributed by atoms with Gasteiger partial charge in [0.05, 0.1) is 16.4 Å². The summed E-state index contributed by atoms with van der Waals surface area (Å²) in [6, 6.07) is 14.8. The van der Waals surface area contributed by atoms with Crippen molar-refractivity contribution in [3.8, 4) is 0 Å². The van der Waals surface area contributed by atoms with Crippen molar-refractivity contribution >= 4 is 34.4 Å². The van der Waals surface area contributed by atoms with E-state index in [1.54, 1.807) is 21.3 Å². The second kappa shape index (κ2) is 9.67. The first kappa shape index (κ1) is 23.5. The van der Waals surface area contributed by atoms with E-state index in [9.17, 15) is 19.2 Å².